The second-order valence-electron chi connectivity index (χ2n) is 4.57. The van der Waals surface area contributed by atoms with E-state index in [9.17, 15) is 4.79 Å². The molecule has 112 valence electrons. The quantitative estimate of drug-likeness (QED) is 0.716. The van der Waals surface area contributed by atoms with Gasteiger partial charge in [-0.2, -0.15) is 0 Å². The molecule has 0 aromatic carbocycles. The number of nitrogens with two attached hydrogens (primary N) is 1. The Bertz CT molecular complexity index is 459. The van der Waals surface area contributed by atoms with Gasteiger partial charge in [0.2, 0.25) is 0 Å². The smallest absolute Gasteiger partial charge is 0.268 e. The Morgan fingerprint density at radius 2 is 2.35 bits per heavy atom. The number of thiazole rings is 1. The first-order chi connectivity index (χ1) is 9.49. The van der Waals surface area contributed by atoms with Crippen molar-refractivity contribution in [2.24, 2.45) is 0 Å². The third-order valence-electron chi connectivity index (χ3n) is 2.46. The molecule has 0 bridgehead atoms. The Balaban J connectivity index is 2.87. The fourth-order valence-corrected chi connectivity index (χ4v) is 2.57. The fourth-order valence-electron chi connectivity index (χ4n) is 1.57. The van der Waals surface area contributed by atoms with Gasteiger partial charge in [0.15, 0.2) is 5.13 Å². The fraction of sp³-hybridized carbons (Fsp3) is 0.538. The lowest BCUT2D eigenvalue weighted by Crippen LogP contribution is -2.34. The summed E-state index contributed by atoms with van der Waals surface area (Å²) in [4.78, 5) is 18.7. The molecule has 20 heavy (non-hydrogen) atoms. The average molecular weight is 298 g/mol. The molecule has 1 heterocycles. The number of aromatic nitrogens is 1. The highest BCUT2D eigenvalue weighted by atomic mass is 32.1. The van der Waals surface area contributed by atoms with E-state index in [1.165, 1.54) is 11.3 Å². The van der Waals surface area contributed by atoms with Crippen molar-refractivity contribution >= 4 is 28.2 Å². The van der Waals surface area contributed by atoms with Crippen LogP contribution in [0.2, 0.25) is 0 Å². The molecule has 1 rings (SSSR count). The zero-order valence-electron chi connectivity index (χ0n) is 12.2. The first-order valence-corrected chi connectivity index (χ1v) is 7.23. The van der Waals surface area contributed by atoms with Gasteiger partial charge in [-0.15, -0.1) is 6.58 Å². The maximum atomic E-state index is 12.4. The predicted molar refractivity (Wildman–Crippen MR) is 83.3 cm³/mol. The normalized spacial score (nSPS) is 10.6. The number of carbonyl (C=O) groups excluding carboxylic acids is 1. The Labute approximate surface area is 123 Å². The summed E-state index contributed by atoms with van der Waals surface area (Å²) in [5.74, 6) is 0.114. The topological polar surface area (TPSA) is 80.5 Å². The number of hydrogen-bond acceptors (Lipinski definition) is 6. The Hall–Kier alpha value is -1.60. The summed E-state index contributed by atoms with van der Waals surface area (Å²) < 4.78 is 5.01. The van der Waals surface area contributed by atoms with Gasteiger partial charge in [0.1, 0.15) is 10.7 Å². The number of rotatable bonds is 8. The predicted octanol–water partition coefficient (Wildman–Crippen LogP) is 1.82. The molecule has 0 spiro atoms. The highest BCUT2D eigenvalue weighted by molar-refractivity contribution is 7.18. The van der Waals surface area contributed by atoms with Crippen molar-refractivity contribution in [3.8, 4) is 0 Å². The molecule has 0 radical (unpaired) electrons. The van der Waals surface area contributed by atoms with Gasteiger partial charge in [-0.3, -0.25) is 4.79 Å². The lowest BCUT2D eigenvalue weighted by atomic mass is 10.3. The monoisotopic (exact) mass is 298 g/mol. The summed E-state index contributed by atoms with van der Waals surface area (Å²) >= 11 is 1.27. The van der Waals surface area contributed by atoms with Gasteiger partial charge in [-0.05, 0) is 13.8 Å². The zero-order chi connectivity index (χ0) is 15.1. The van der Waals surface area contributed by atoms with Crippen LogP contribution in [0.25, 0.3) is 0 Å². The van der Waals surface area contributed by atoms with Gasteiger partial charge < -0.3 is 20.7 Å². The Morgan fingerprint density at radius 3 is 2.90 bits per heavy atom. The maximum Gasteiger partial charge on any atom is 0.268 e. The van der Waals surface area contributed by atoms with E-state index in [0.29, 0.717) is 29.7 Å². The minimum absolute atomic E-state index is 0.145. The molecule has 0 aliphatic rings. The number of methoxy groups -OCH3 is 1. The third kappa shape index (κ3) is 4.50. The average Bonchev–Trinajstić information content (AvgIpc) is 2.73. The summed E-state index contributed by atoms with van der Waals surface area (Å²) in [6.45, 7) is 9.07. The van der Waals surface area contributed by atoms with Gasteiger partial charge in [0, 0.05) is 26.2 Å². The van der Waals surface area contributed by atoms with Crippen LogP contribution in [-0.2, 0) is 4.74 Å². The molecule has 7 heteroatoms. The molecule has 3 N–H and O–H groups in total. The minimum Gasteiger partial charge on any atom is -0.383 e. The Kier molecular flexibility index (Phi) is 6.47. The molecule has 1 amide bonds. The molecular weight excluding hydrogens is 276 g/mol. The molecular formula is C13H22N4O2S. The number of nitrogen functional groups attached to an aromatic ring is 1. The van der Waals surface area contributed by atoms with Gasteiger partial charge in [-0.1, -0.05) is 17.4 Å². The molecule has 0 atom stereocenters. The van der Waals surface area contributed by atoms with E-state index in [4.69, 9.17) is 10.5 Å². The SMILES string of the molecule is C=CCN(CCOC)C(=O)c1sc(NC(C)C)nc1N. The molecule has 0 unspecified atom stereocenters. The molecule has 0 aliphatic heterocycles. The van der Waals surface area contributed by atoms with Crippen molar-refractivity contribution < 1.29 is 9.53 Å². The highest BCUT2D eigenvalue weighted by Crippen LogP contribution is 2.26. The van der Waals surface area contributed by atoms with E-state index in [-0.39, 0.29) is 17.8 Å². The second-order valence-corrected chi connectivity index (χ2v) is 5.56. The minimum atomic E-state index is -0.145. The lowest BCUT2D eigenvalue weighted by molar-refractivity contribution is 0.0723. The number of nitrogens with one attached hydrogen (secondary N) is 1. The number of carbonyl (C=O) groups is 1. The third-order valence-corrected chi connectivity index (χ3v) is 3.45. The highest BCUT2D eigenvalue weighted by Gasteiger charge is 2.21. The molecule has 0 aliphatic carbocycles. The summed E-state index contributed by atoms with van der Waals surface area (Å²) in [5, 5.41) is 3.81. The van der Waals surface area contributed by atoms with Crippen LogP contribution >= 0.6 is 11.3 Å². The van der Waals surface area contributed by atoms with E-state index in [1.807, 2.05) is 13.8 Å². The van der Waals surface area contributed by atoms with Crippen LogP contribution in [0, 0.1) is 0 Å². The number of ether oxygens (including phenoxy) is 1. The molecule has 0 saturated heterocycles. The van der Waals surface area contributed by atoms with Gasteiger partial charge in [-0.25, -0.2) is 4.98 Å². The maximum absolute atomic E-state index is 12.4. The van der Waals surface area contributed by atoms with E-state index in [1.54, 1.807) is 18.1 Å². The number of hydrogen-bond donors (Lipinski definition) is 2. The number of amides is 1. The summed E-state index contributed by atoms with van der Waals surface area (Å²) in [6, 6.07) is 0.237. The molecule has 6 nitrogen and oxygen atoms in total. The Morgan fingerprint density at radius 1 is 1.65 bits per heavy atom. The van der Waals surface area contributed by atoms with Crippen LogP contribution in [0.1, 0.15) is 23.5 Å². The molecule has 1 aromatic rings. The van der Waals surface area contributed by atoms with E-state index >= 15 is 0 Å². The van der Waals surface area contributed by atoms with Gasteiger partial charge in [0.05, 0.1) is 6.61 Å². The standard InChI is InChI=1S/C13H22N4O2S/c1-5-6-17(7-8-19-4)12(18)10-11(14)16-13(20-10)15-9(2)3/h5,9H,1,6-8,14H2,2-4H3,(H,15,16). The molecule has 1 aromatic heterocycles. The first kappa shape index (κ1) is 16.5. The van der Waals surface area contributed by atoms with Gasteiger partial charge in [0.25, 0.3) is 5.91 Å². The molecule has 0 saturated carbocycles. The second kappa shape index (κ2) is 7.86. The largest absolute Gasteiger partial charge is 0.383 e. The van der Waals surface area contributed by atoms with Crippen LogP contribution in [0.4, 0.5) is 10.9 Å². The van der Waals surface area contributed by atoms with Crippen molar-refractivity contribution in [3.63, 3.8) is 0 Å². The first-order valence-electron chi connectivity index (χ1n) is 6.41. The zero-order valence-corrected chi connectivity index (χ0v) is 13.0. The van der Waals surface area contributed by atoms with E-state index < -0.39 is 0 Å². The number of nitrogens with zero attached hydrogens (tertiary/aromatic N) is 2. The van der Waals surface area contributed by atoms with Crippen LogP contribution in [0.3, 0.4) is 0 Å². The summed E-state index contributed by atoms with van der Waals surface area (Å²) in [6.07, 6.45) is 1.68. The van der Waals surface area contributed by atoms with Gasteiger partial charge >= 0.3 is 0 Å². The molecule has 0 fully saturated rings. The van der Waals surface area contributed by atoms with Crippen LogP contribution in [-0.4, -0.2) is 48.6 Å². The van der Waals surface area contributed by atoms with Crippen LogP contribution in [0.15, 0.2) is 12.7 Å². The van der Waals surface area contributed by atoms with Crippen LogP contribution < -0.4 is 11.1 Å². The van der Waals surface area contributed by atoms with Crippen molar-refractivity contribution in [3.05, 3.63) is 17.5 Å². The number of anilines is 2. The van der Waals surface area contributed by atoms with Crippen molar-refractivity contribution in [1.82, 2.24) is 9.88 Å². The van der Waals surface area contributed by atoms with Crippen LogP contribution in [0.5, 0.6) is 0 Å². The summed E-state index contributed by atoms with van der Waals surface area (Å²) in [5.41, 5.74) is 5.84. The van der Waals surface area contributed by atoms with E-state index in [0.717, 1.165) is 0 Å². The van der Waals surface area contributed by atoms with Crippen molar-refractivity contribution in [2.75, 3.05) is 37.9 Å². The summed E-state index contributed by atoms with van der Waals surface area (Å²) in [7, 11) is 1.60. The van der Waals surface area contributed by atoms with E-state index in [2.05, 4.69) is 16.9 Å². The van der Waals surface area contributed by atoms with Crippen molar-refractivity contribution in [2.45, 2.75) is 19.9 Å². The lowest BCUT2D eigenvalue weighted by Gasteiger charge is -2.19. The van der Waals surface area contributed by atoms with Crippen molar-refractivity contribution in [1.29, 1.82) is 0 Å².